The van der Waals surface area contributed by atoms with Crippen LogP contribution in [0, 0.1) is 11.3 Å². The first-order chi connectivity index (χ1) is 9.60. The summed E-state index contributed by atoms with van der Waals surface area (Å²) >= 11 is 5.84. The molecular formula is C15H13ClN4. The summed E-state index contributed by atoms with van der Waals surface area (Å²) in [5, 5.41) is 17.6. The average Bonchev–Trinajstić information content (AvgIpc) is 2.79. The van der Waals surface area contributed by atoms with Gasteiger partial charge in [0.25, 0.3) is 0 Å². The van der Waals surface area contributed by atoms with Gasteiger partial charge in [0.1, 0.15) is 6.07 Å². The van der Waals surface area contributed by atoms with Crippen LogP contribution >= 0.6 is 11.6 Å². The predicted molar refractivity (Wildman–Crippen MR) is 79.9 cm³/mol. The van der Waals surface area contributed by atoms with Gasteiger partial charge in [-0.05, 0) is 30.7 Å². The van der Waals surface area contributed by atoms with Crippen LogP contribution in [-0.2, 0) is 6.54 Å². The molecule has 0 N–H and O–H groups in total. The molecular weight excluding hydrogens is 272 g/mol. The Hall–Kier alpha value is -2.38. The van der Waals surface area contributed by atoms with Crippen molar-refractivity contribution in [3.63, 3.8) is 0 Å². The lowest BCUT2D eigenvalue weighted by Crippen LogP contribution is -2.03. The van der Waals surface area contributed by atoms with E-state index in [1.54, 1.807) is 4.68 Å². The van der Waals surface area contributed by atoms with Crippen LogP contribution in [0.25, 0.3) is 12.2 Å². The van der Waals surface area contributed by atoms with Gasteiger partial charge in [0.05, 0.1) is 12.2 Å². The summed E-state index contributed by atoms with van der Waals surface area (Å²) in [4.78, 5) is 0. The zero-order chi connectivity index (χ0) is 14.5. The lowest BCUT2D eigenvalue weighted by atomic mass is 10.2. The van der Waals surface area contributed by atoms with Crippen LogP contribution in [0.2, 0.25) is 5.02 Å². The van der Waals surface area contributed by atoms with E-state index in [4.69, 9.17) is 16.9 Å². The number of hydrogen-bond acceptors (Lipinski definition) is 3. The Bertz CT molecular complexity index is 690. The van der Waals surface area contributed by atoms with Crippen LogP contribution in [0.15, 0.2) is 36.4 Å². The van der Waals surface area contributed by atoms with Gasteiger partial charge in [-0.1, -0.05) is 47.2 Å². The second-order valence-electron chi connectivity index (χ2n) is 4.43. The Labute approximate surface area is 122 Å². The summed E-state index contributed by atoms with van der Waals surface area (Å²) < 4.78 is 1.66. The van der Waals surface area contributed by atoms with Crippen molar-refractivity contribution in [2.24, 2.45) is 0 Å². The molecule has 0 atom stereocenters. The van der Waals surface area contributed by atoms with Gasteiger partial charge in [0.15, 0.2) is 5.69 Å². The van der Waals surface area contributed by atoms with Gasteiger partial charge >= 0.3 is 0 Å². The van der Waals surface area contributed by atoms with Crippen molar-refractivity contribution in [2.45, 2.75) is 13.5 Å². The zero-order valence-electron chi connectivity index (χ0n) is 11.0. The summed E-state index contributed by atoms with van der Waals surface area (Å²) in [7, 11) is 0. The summed E-state index contributed by atoms with van der Waals surface area (Å²) in [6.45, 7) is 6.28. The molecule has 0 fully saturated rings. The van der Waals surface area contributed by atoms with Gasteiger partial charge in [-0.25, -0.2) is 4.68 Å². The summed E-state index contributed by atoms with van der Waals surface area (Å²) in [5.74, 6) is 0. The minimum absolute atomic E-state index is 0.302. The van der Waals surface area contributed by atoms with E-state index in [1.165, 1.54) is 0 Å². The molecule has 0 spiro atoms. The molecule has 0 aliphatic heterocycles. The topological polar surface area (TPSA) is 54.5 Å². The van der Waals surface area contributed by atoms with Crippen LogP contribution in [0.1, 0.15) is 23.9 Å². The monoisotopic (exact) mass is 284 g/mol. The highest BCUT2D eigenvalue weighted by molar-refractivity contribution is 6.30. The molecule has 2 rings (SSSR count). The van der Waals surface area contributed by atoms with Gasteiger partial charge in [-0.3, -0.25) is 0 Å². The maximum Gasteiger partial charge on any atom is 0.190 e. The number of hydrogen-bond donors (Lipinski definition) is 0. The van der Waals surface area contributed by atoms with Gasteiger partial charge in [0, 0.05) is 5.02 Å². The van der Waals surface area contributed by atoms with Gasteiger partial charge < -0.3 is 0 Å². The van der Waals surface area contributed by atoms with Crippen LogP contribution in [0.5, 0.6) is 0 Å². The molecule has 1 aromatic heterocycles. The number of rotatable bonds is 4. The second kappa shape index (κ2) is 6.18. The van der Waals surface area contributed by atoms with E-state index in [1.807, 2.05) is 49.4 Å². The standard InChI is InChI=1S/C15H13ClN4/c1-11(2)10-20-15(14(9-17)18-19-20)8-5-12-3-6-13(16)7-4-12/h3-8H,1,10H2,2H3/b8-5+. The SMILES string of the molecule is C=C(C)Cn1nnc(C#N)c1/C=C/c1ccc(Cl)cc1. The Balaban J connectivity index is 2.32. The predicted octanol–water partition coefficient (Wildman–Crippen LogP) is 3.55. The fraction of sp³-hybridized carbons (Fsp3) is 0.133. The summed E-state index contributed by atoms with van der Waals surface area (Å²) in [6.07, 6.45) is 3.72. The highest BCUT2D eigenvalue weighted by atomic mass is 35.5. The van der Waals surface area contributed by atoms with Crippen LogP contribution in [0.3, 0.4) is 0 Å². The Morgan fingerprint density at radius 1 is 1.40 bits per heavy atom. The fourth-order valence-electron chi connectivity index (χ4n) is 1.69. The van der Waals surface area contributed by atoms with Crippen molar-refractivity contribution >= 4 is 23.8 Å². The molecule has 5 heteroatoms. The lowest BCUT2D eigenvalue weighted by molar-refractivity contribution is 0.638. The third-order valence-electron chi connectivity index (χ3n) is 2.60. The van der Waals surface area contributed by atoms with Gasteiger partial charge in [-0.15, -0.1) is 5.10 Å². The Morgan fingerprint density at radius 2 is 2.10 bits per heavy atom. The van der Waals surface area contributed by atoms with E-state index >= 15 is 0 Å². The number of nitriles is 1. The first-order valence-electron chi connectivity index (χ1n) is 6.02. The molecule has 0 amide bonds. The van der Waals surface area contributed by atoms with Crippen LogP contribution in [0.4, 0.5) is 0 Å². The summed E-state index contributed by atoms with van der Waals surface area (Å²) in [5.41, 5.74) is 2.91. The van der Waals surface area contributed by atoms with E-state index in [9.17, 15) is 0 Å². The molecule has 100 valence electrons. The molecule has 1 heterocycles. The van der Waals surface area contributed by atoms with Crippen molar-refractivity contribution in [3.05, 3.63) is 58.4 Å². The number of benzene rings is 1. The van der Waals surface area contributed by atoms with Crippen molar-refractivity contribution in [2.75, 3.05) is 0 Å². The lowest BCUT2D eigenvalue weighted by Gasteiger charge is -2.02. The van der Waals surface area contributed by atoms with Crippen molar-refractivity contribution in [1.29, 1.82) is 5.26 Å². The maximum atomic E-state index is 9.06. The second-order valence-corrected chi connectivity index (χ2v) is 4.87. The average molecular weight is 285 g/mol. The fourth-order valence-corrected chi connectivity index (χ4v) is 1.81. The molecule has 0 bridgehead atoms. The van der Waals surface area contributed by atoms with Crippen LogP contribution in [-0.4, -0.2) is 15.0 Å². The van der Waals surface area contributed by atoms with Gasteiger partial charge in [0.2, 0.25) is 0 Å². The van der Waals surface area contributed by atoms with E-state index in [0.29, 0.717) is 23.0 Å². The molecule has 0 saturated heterocycles. The molecule has 0 aliphatic carbocycles. The largest absolute Gasteiger partial charge is 0.240 e. The van der Waals surface area contributed by atoms with E-state index < -0.39 is 0 Å². The highest BCUT2D eigenvalue weighted by Gasteiger charge is 2.09. The van der Waals surface area contributed by atoms with E-state index in [0.717, 1.165) is 11.1 Å². The summed E-state index contributed by atoms with van der Waals surface area (Å²) in [6, 6.07) is 9.47. The third kappa shape index (κ3) is 3.34. The van der Waals surface area contributed by atoms with Crippen molar-refractivity contribution < 1.29 is 0 Å². The smallest absolute Gasteiger partial charge is 0.190 e. The zero-order valence-corrected chi connectivity index (χ0v) is 11.8. The van der Waals surface area contributed by atoms with E-state index in [2.05, 4.69) is 16.9 Å². The highest BCUT2D eigenvalue weighted by Crippen LogP contribution is 2.14. The number of nitrogens with zero attached hydrogens (tertiary/aromatic N) is 4. The maximum absolute atomic E-state index is 9.06. The molecule has 0 saturated carbocycles. The molecule has 4 nitrogen and oxygen atoms in total. The number of halogens is 1. The molecule has 1 aromatic carbocycles. The minimum Gasteiger partial charge on any atom is -0.240 e. The first-order valence-corrected chi connectivity index (χ1v) is 6.39. The Morgan fingerprint density at radius 3 is 2.70 bits per heavy atom. The number of allylic oxidation sites excluding steroid dienone is 1. The quantitative estimate of drug-likeness (QED) is 0.807. The molecule has 20 heavy (non-hydrogen) atoms. The molecule has 0 unspecified atom stereocenters. The van der Waals surface area contributed by atoms with E-state index in [-0.39, 0.29) is 0 Å². The molecule has 0 radical (unpaired) electrons. The normalized spacial score (nSPS) is 10.7. The Kier molecular flexibility index (Phi) is 4.34. The van der Waals surface area contributed by atoms with Crippen molar-refractivity contribution in [3.8, 4) is 6.07 Å². The van der Waals surface area contributed by atoms with Crippen LogP contribution < -0.4 is 0 Å². The first kappa shape index (κ1) is 14.0. The minimum atomic E-state index is 0.302. The molecule has 2 aromatic rings. The van der Waals surface area contributed by atoms with Crippen molar-refractivity contribution in [1.82, 2.24) is 15.0 Å². The molecule has 0 aliphatic rings. The third-order valence-corrected chi connectivity index (χ3v) is 2.85. The number of aromatic nitrogens is 3. The van der Waals surface area contributed by atoms with Gasteiger partial charge in [-0.2, -0.15) is 5.26 Å².